The number of urea groups is 1. The van der Waals surface area contributed by atoms with Crippen LogP contribution in [-0.2, 0) is 4.79 Å². The first-order chi connectivity index (χ1) is 10.5. The molecule has 1 aliphatic rings. The predicted octanol–water partition coefficient (Wildman–Crippen LogP) is 2.75. The molecule has 0 saturated carbocycles. The van der Waals surface area contributed by atoms with E-state index in [2.05, 4.69) is 31.3 Å². The number of carbonyl (C=O) groups is 2. The van der Waals surface area contributed by atoms with Gasteiger partial charge in [-0.25, -0.2) is 4.79 Å². The normalized spacial score (nSPS) is 20.9. The molecule has 120 valence electrons. The summed E-state index contributed by atoms with van der Waals surface area (Å²) in [5.41, 5.74) is 2.58. The van der Waals surface area contributed by atoms with Crippen molar-refractivity contribution >= 4 is 12.0 Å². The second kappa shape index (κ2) is 7.29. The Morgan fingerprint density at radius 2 is 2.09 bits per heavy atom. The van der Waals surface area contributed by atoms with Crippen molar-refractivity contribution < 1.29 is 14.7 Å². The second-order valence-corrected chi connectivity index (χ2v) is 6.02. The summed E-state index contributed by atoms with van der Waals surface area (Å²) in [6.07, 6.45) is 1.51. The molecule has 0 aliphatic carbocycles. The Morgan fingerprint density at radius 1 is 1.36 bits per heavy atom. The molecule has 0 spiro atoms. The lowest BCUT2D eigenvalue weighted by Gasteiger charge is -2.22. The van der Waals surface area contributed by atoms with E-state index in [1.165, 1.54) is 11.1 Å². The Hall–Kier alpha value is -2.04. The molecular weight excluding hydrogens is 280 g/mol. The fourth-order valence-electron chi connectivity index (χ4n) is 3.12. The largest absolute Gasteiger partial charge is 0.481 e. The third kappa shape index (κ3) is 4.00. The lowest BCUT2D eigenvalue weighted by molar-refractivity contribution is -0.137. The average molecular weight is 304 g/mol. The lowest BCUT2D eigenvalue weighted by Crippen LogP contribution is -2.42. The summed E-state index contributed by atoms with van der Waals surface area (Å²) in [6.45, 7) is 5.30. The molecule has 2 rings (SSSR count). The zero-order valence-corrected chi connectivity index (χ0v) is 13.2. The molecule has 0 aromatic heterocycles. The van der Waals surface area contributed by atoms with E-state index in [-0.39, 0.29) is 18.5 Å². The number of rotatable bonds is 5. The molecular formula is C17H24N2O3. The minimum absolute atomic E-state index is 0.0850. The van der Waals surface area contributed by atoms with E-state index in [1.54, 1.807) is 0 Å². The Labute approximate surface area is 131 Å². The van der Waals surface area contributed by atoms with E-state index in [0.717, 1.165) is 13.0 Å². The summed E-state index contributed by atoms with van der Waals surface area (Å²) in [5.74, 6) is -0.454. The third-order valence-corrected chi connectivity index (χ3v) is 4.31. The fraction of sp³-hybridized carbons (Fsp3) is 0.529. The number of nitrogens with one attached hydrogen (secondary N) is 1. The van der Waals surface area contributed by atoms with E-state index in [4.69, 9.17) is 5.11 Å². The molecule has 1 fully saturated rings. The Morgan fingerprint density at radius 3 is 2.77 bits per heavy atom. The van der Waals surface area contributed by atoms with E-state index < -0.39 is 5.97 Å². The van der Waals surface area contributed by atoms with Crippen LogP contribution in [0.4, 0.5) is 4.79 Å². The average Bonchev–Trinajstić information content (AvgIpc) is 2.85. The zero-order valence-electron chi connectivity index (χ0n) is 13.2. The molecule has 2 amide bonds. The topological polar surface area (TPSA) is 69.6 Å². The molecule has 2 N–H and O–H groups in total. The number of carboxylic acid groups (broad SMARTS) is 1. The van der Waals surface area contributed by atoms with Crippen molar-refractivity contribution in [3.05, 3.63) is 35.4 Å². The summed E-state index contributed by atoms with van der Waals surface area (Å²) < 4.78 is 0. The van der Waals surface area contributed by atoms with Crippen LogP contribution in [0.2, 0.25) is 0 Å². The number of hydrogen-bond acceptors (Lipinski definition) is 2. The number of carbonyl (C=O) groups excluding carboxylic acids is 1. The van der Waals surface area contributed by atoms with Crippen molar-refractivity contribution in [2.75, 3.05) is 13.1 Å². The Bertz CT molecular complexity index is 544. The number of hydrogen-bond donors (Lipinski definition) is 2. The van der Waals surface area contributed by atoms with E-state index in [1.807, 2.05) is 17.0 Å². The maximum atomic E-state index is 12.2. The molecule has 0 radical (unpaired) electrons. The van der Waals surface area contributed by atoms with Crippen molar-refractivity contribution in [3.8, 4) is 0 Å². The van der Waals surface area contributed by atoms with Gasteiger partial charge in [0.2, 0.25) is 0 Å². The van der Waals surface area contributed by atoms with Crippen LogP contribution >= 0.6 is 0 Å². The molecule has 5 nitrogen and oxygen atoms in total. The first kappa shape index (κ1) is 16.3. The van der Waals surface area contributed by atoms with Gasteiger partial charge in [0.05, 0.1) is 0 Å². The predicted molar refractivity (Wildman–Crippen MR) is 85.0 cm³/mol. The lowest BCUT2D eigenvalue weighted by atomic mass is 9.93. The number of aryl methyl sites for hydroxylation is 1. The van der Waals surface area contributed by atoms with Crippen LogP contribution in [0, 0.1) is 6.92 Å². The summed E-state index contributed by atoms with van der Waals surface area (Å²) in [7, 11) is 0. The monoisotopic (exact) mass is 304 g/mol. The van der Waals surface area contributed by atoms with Crippen molar-refractivity contribution in [2.45, 2.75) is 45.1 Å². The van der Waals surface area contributed by atoms with E-state index in [9.17, 15) is 9.59 Å². The fourth-order valence-corrected chi connectivity index (χ4v) is 3.12. The van der Waals surface area contributed by atoms with Crippen molar-refractivity contribution in [1.29, 1.82) is 0 Å². The van der Waals surface area contributed by atoms with Crippen LogP contribution in [0.15, 0.2) is 24.3 Å². The number of carboxylic acids is 1. The van der Waals surface area contributed by atoms with Crippen molar-refractivity contribution in [1.82, 2.24) is 10.2 Å². The van der Waals surface area contributed by atoms with Crippen LogP contribution in [-0.4, -0.2) is 41.1 Å². The quantitative estimate of drug-likeness (QED) is 0.822. The molecule has 1 aromatic carbocycles. The summed E-state index contributed by atoms with van der Waals surface area (Å²) >= 11 is 0. The highest BCUT2D eigenvalue weighted by Crippen LogP contribution is 2.33. The molecule has 1 saturated heterocycles. The smallest absolute Gasteiger partial charge is 0.317 e. The first-order valence-electron chi connectivity index (χ1n) is 7.81. The summed E-state index contributed by atoms with van der Waals surface area (Å²) in [4.78, 5) is 24.5. The van der Waals surface area contributed by atoms with Crippen LogP contribution in [0.3, 0.4) is 0 Å². The van der Waals surface area contributed by atoms with Crippen LogP contribution in [0.5, 0.6) is 0 Å². The van der Waals surface area contributed by atoms with E-state index in [0.29, 0.717) is 18.9 Å². The zero-order chi connectivity index (χ0) is 16.1. The molecule has 1 aromatic rings. The molecule has 5 heteroatoms. The molecule has 2 atom stereocenters. The van der Waals surface area contributed by atoms with Gasteiger partial charge in [0, 0.05) is 31.5 Å². The van der Waals surface area contributed by atoms with E-state index >= 15 is 0 Å². The maximum absolute atomic E-state index is 12.2. The Kier molecular flexibility index (Phi) is 5.41. The molecule has 1 aliphatic heterocycles. The van der Waals surface area contributed by atoms with Gasteiger partial charge in [0.15, 0.2) is 0 Å². The molecule has 2 unspecified atom stereocenters. The number of likely N-dealkylation sites (tertiary alicyclic amines) is 1. The minimum Gasteiger partial charge on any atom is -0.481 e. The van der Waals surface area contributed by atoms with Crippen molar-refractivity contribution in [2.24, 2.45) is 0 Å². The summed E-state index contributed by atoms with van der Waals surface area (Å²) in [5, 5.41) is 11.4. The third-order valence-electron chi connectivity index (χ3n) is 4.31. The van der Waals surface area contributed by atoms with Crippen LogP contribution in [0.25, 0.3) is 0 Å². The number of benzene rings is 1. The number of amides is 2. The van der Waals surface area contributed by atoms with Gasteiger partial charge >= 0.3 is 12.0 Å². The SMILES string of the molecule is Cc1ccccc1C1CC(C)N(C(=O)NCCCC(=O)O)C1. The van der Waals surface area contributed by atoms with Gasteiger partial charge in [0.25, 0.3) is 0 Å². The number of nitrogens with zero attached hydrogens (tertiary/aromatic N) is 1. The Balaban J connectivity index is 1.89. The highest BCUT2D eigenvalue weighted by molar-refractivity contribution is 5.75. The van der Waals surface area contributed by atoms with Gasteiger partial charge in [-0.2, -0.15) is 0 Å². The molecule has 1 heterocycles. The highest BCUT2D eigenvalue weighted by Gasteiger charge is 2.33. The van der Waals surface area contributed by atoms with Gasteiger partial charge in [-0.3, -0.25) is 4.79 Å². The summed E-state index contributed by atoms with van der Waals surface area (Å²) in [6, 6.07) is 8.43. The second-order valence-electron chi connectivity index (χ2n) is 6.02. The number of aliphatic carboxylic acids is 1. The standard InChI is InChI=1S/C17H24N2O3/c1-12-6-3-4-7-15(12)14-10-13(2)19(11-14)17(22)18-9-5-8-16(20)21/h3-4,6-7,13-14H,5,8-11H2,1-2H3,(H,18,22)(H,20,21). The first-order valence-corrected chi connectivity index (χ1v) is 7.81. The van der Waals surface area contributed by atoms with Gasteiger partial charge in [-0.15, -0.1) is 0 Å². The van der Waals surface area contributed by atoms with Gasteiger partial charge in [-0.1, -0.05) is 24.3 Å². The van der Waals surface area contributed by atoms with Gasteiger partial charge < -0.3 is 15.3 Å². The van der Waals surface area contributed by atoms with Crippen LogP contribution in [0.1, 0.15) is 43.2 Å². The van der Waals surface area contributed by atoms with Gasteiger partial charge in [0.1, 0.15) is 0 Å². The molecule has 0 bridgehead atoms. The minimum atomic E-state index is -0.830. The maximum Gasteiger partial charge on any atom is 0.317 e. The molecule has 22 heavy (non-hydrogen) atoms. The highest BCUT2D eigenvalue weighted by atomic mass is 16.4. The van der Waals surface area contributed by atoms with Crippen LogP contribution < -0.4 is 5.32 Å². The van der Waals surface area contributed by atoms with Gasteiger partial charge in [-0.05, 0) is 37.8 Å². The van der Waals surface area contributed by atoms with Crippen molar-refractivity contribution in [3.63, 3.8) is 0 Å².